The number of aromatic amines is 1. The molecule has 0 unspecified atom stereocenters. The van der Waals surface area contributed by atoms with E-state index in [1.165, 1.54) is 16.6 Å². The van der Waals surface area contributed by atoms with Crippen molar-refractivity contribution in [3.8, 4) is 0 Å². The lowest BCUT2D eigenvalue weighted by atomic mass is 10.0. The average molecular weight is 301 g/mol. The number of H-pyrrole nitrogens is 1. The van der Waals surface area contributed by atoms with E-state index >= 15 is 0 Å². The number of nitrogens with one attached hydrogen (secondary N) is 1. The maximum absolute atomic E-state index is 12.5. The van der Waals surface area contributed by atoms with E-state index in [4.69, 9.17) is 5.11 Å². The van der Waals surface area contributed by atoms with Gasteiger partial charge in [-0.1, -0.05) is 25.1 Å². The Bertz CT molecular complexity index is 665. The molecule has 1 aliphatic heterocycles. The summed E-state index contributed by atoms with van der Waals surface area (Å²) in [6.07, 6.45) is 0.877. The number of nitrogens with zero attached hydrogens (tertiary/aromatic N) is 2. The highest BCUT2D eigenvalue weighted by atomic mass is 16.3. The van der Waals surface area contributed by atoms with E-state index in [0.29, 0.717) is 19.6 Å². The van der Waals surface area contributed by atoms with Gasteiger partial charge in [0, 0.05) is 48.2 Å². The Morgan fingerprint density at radius 1 is 1.41 bits per heavy atom. The highest BCUT2D eigenvalue weighted by Gasteiger charge is 2.24. The third-order valence-electron chi connectivity index (χ3n) is 4.46. The van der Waals surface area contributed by atoms with E-state index in [2.05, 4.69) is 17.1 Å². The van der Waals surface area contributed by atoms with E-state index in [9.17, 15) is 4.79 Å². The molecule has 0 bridgehead atoms. The van der Waals surface area contributed by atoms with Gasteiger partial charge >= 0.3 is 0 Å². The first-order valence-electron chi connectivity index (χ1n) is 7.92. The number of carbonyl (C=O) groups is 1. The standard InChI is InChI=1S/C17H23N3O2/c1-2-19(9-10-21)12-17(22)20-8-7-16-14(11-20)13-5-3-4-6-15(13)18-16/h3-6,18,21H,2,7-12H2,1H3. The number of aromatic nitrogens is 1. The summed E-state index contributed by atoms with van der Waals surface area (Å²) >= 11 is 0. The van der Waals surface area contributed by atoms with Crippen molar-refractivity contribution < 1.29 is 9.90 Å². The Balaban J connectivity index is 1.74. The van der Waals surface area contributed by atoms with E-state index in [1.54, 1.807) is 0 Å². The van der Waals surface area contributed by atoms with Crippen LogP contribution in [0.25, 0.3) is 10.9 Å². The highest BCUT2D eigenvalue weighted by molar-refractivity contribution is 5.86. The van der Waals surface area contributed by atoms with Crippen LogP contribution in [0.15, 0.2) is 24.3 Å². The largest absolute Gasteiger partial charge is 0.395 e. The molecule has 5 heteroatoms. The number of hydrogen-bond acceptors (Lipinski definition) is 3. The number of likely N-dealkylation sites (N-methyl/N-ethyl adjacent to an activating group) is 1. The van der Waals surface area contributed by atoms with Crippen LogP contribution in [0, 0.1) is 0 Å². The molecule has 2 heterocycles. The van der Waals surface area contributed by atoms with Gasteiger partial charge in [0.2, 0.25) is 5.91 Å². The lowest BCUT2D eigenvalue weighted by molar-refractivity contribution is -0.133. The van der Waals surface area contributed by atoms with Crippen molar-refractivity contribution in [3.05, 3.63) is 35.5 Å². The molecule has 1 aliphatic rings. The van der Waals surface area contributed by atoms with E-state index in [0.717, 1.165) is 25.0 Å². The third kappa shape index (κ3) is 2.87. The molecule has 0 saturated heterocycles. The number of benzene rings is 1. The smallest absolute Gasteiger partial charge is 0.237 e. The molecule has 1 aromatic heterocycles. The summed E-state index contributed by atoms with van der Waals surface area (Å²) in [5.41, 5.74) is 3.66. The van der Waals surface area contributed by atoms with Gasteiger partial charge in [-0.2, -0.15) is 0 Å². The van der Waals surface area contributed by atoms with Crippen LogP contribution >= 0.6 is 0 Å². The van der Waals surface area contributed by atoms with Crippen LogP contribution in [-0.2, 0) is 17.8 Å². The van der Waals surface area contributed by atoms with Gasteiger partial charge in [-0.05, 0) is 12.6 Å². The molecule has 118 valence electrons. The zero-order chi connectivity index (χ0) is 15.5. The van der Waals surface area contributed by atoms with Gasteiger partial charge in [0.05, 0.1) is 13.2 Å². The molecule has 0 aliphatic carbocycles. The van der Waals surface area contributed by atoms with E-state index < -0.39 is 0 Å². The van der Waals surface area contributed by atoms with E-state index in [1.807, 2.05) is 28.9 Å². The van der Waals surface area contributed by atoms with Crippen molar-refractivity contribution in [3.63, 3.8) is 0 Å². The van der Waals surface area contributed by atoms with Crippen LogP contribution in [0.2, 0.25) is 0 Å². The summed E-state index contributed by atoms with van der Waals surface area (Å²) in [5, 5.41) is 10.3. The van der Waals surface area contributed by atoms with Crippen molar-refractivity contribution in [2.75, 3.05) is 32.8 Å². The molecule has 0 saturated carbocycles. The fourth-order valence-electron chi connectivity index (χ4n) is 3.16. The molecule has 1 amide bonds. The van der Waals surface area contributed by atoms with Crippen LogP contribution in [-0.4, -0.2) is 58.6 Å². The second kappa shape index (κ2) is 6.50. The predicted octanol–water partition coefficient (Wildman–Crippen LogP) is 1.37. The van der Waals surface area contributed by atoms with Crippen molar-refractivity contribution in [1.82, 2.24) is 14.8 Å². The van der Waals surface area contributed by atoms with Crippen molar-refractivity contribution in [2.45, 2.75) is 19.9 Å². The summed E-state index contributed by atoms with van der Waals surface area (Å²) in [5.74, 6) is 0.145. The van der Waals surface area contributed by atoms with Gasteiger partial charge < -0.3 is 15.0 Å². The lowest BCUT2D eigenvalue weighted by Gasteiger charge is -2.29. The number of rotatable bonds is 5. The minimum absolute atomic E-state index is 0.0910. The molecule has 0 atom stereocenters. The Morgan fingerprint density at radius 3 is 3.00 bits per heavy atom. The van der Waals surface area contributed by atoms with Crippen LogP contribution in [0.5, 0.6) is 0 Å². The van der Waals surface area contributed by atoms with Gasteiger partial charge in [-0.3, -0.25) is 9.69 Å². The van der Waals surface area contributed by atoms with Gasteiger partial charge in [0.15, 0.2) is 0 Å². The lowest BCUT2D eigenvalue weighted by Crippen LogP contribution is -2.43. The normalized spacial score (nSPS) is 14.6. The predicted molar refractivity (Wildman–Crippen MR) is 86.6 cm³/mol. The second-order valence-electron chi connectivity index (χ2n) is 5.79. The van der Waals surface area contributed by atoms with Crippen molar-refractivity contribution in [2.24, 2.45) is 0 Å². The van der Waals surface area contributed by atoms with Crippen LogP contribution < -0.4 is 0 Å². The molecular weight excluding hydrogens is 278 g/mol. The highest BCUT2D eigenvalue weighted by Crippen LogP contribution is 2.27. The number of fused-ring (bicyclic) bond motifs is 3. The fraction of sp³-hybridized carbons (Fsp3) is 0.471. The molecule has 1 aromatic carbocycles. The number of carbonyl (C=O) groups excluding carboxylic acids is 1. The quantitative estimate of drug-likeness (QED) is 0.877. The van der Waals surface area contributed by atoms with Gasteiger partial charge in [0.25, 0.3) is 0 Å². The topological polar surface area (TPSA) is 59.6 Å². The number of amides is 1. The third-order valence-corrected chi connectivity index (χ3v) is 4.46. The van der Waals surface area contributed by atoms with Crippen molar-refractivity contribution in [1.29, 1.82) is 0 Å². The zero-order valence-corrected chi connectivity index (χ0v) is 13.0. The Kier molecular flexibility index (Phi) is 4.45. The van der Waals surface area contributed by atoms with E-state index in [-0.39, 0.29) is 12.5 Å². The van der Waals surface area contributed by atoms with Crippen molar-refractivity contribution >= 4 is 16.8 Å². The number of para-hydroxylation sites is 1. The first-order valence-corrected chi connectivity index (χ1v) is 7.92. The average Bonchev–Trinajstić information content (AvgIpc) is 2.92. The van der Waals surface area contributed by atoms with Gasteiger partial charge in [-0.25, -0.2) is 0 Å². The van der Waals surface area contributed by atoms with Crippen LogP contribution in [0.1, 0.15) is 18.2 Å². The summed E-state index contributed by atoms with van der Waals surface area (Å²) in [7, 11) is 0. The molecule has 3 rings (SSSR count). The molecule has 22 heavy (non-hydrogen) atoms. The molecule has 2 aromatic rings. The fourth-order valence-corrected chi connectivity index (χ4v) is 3.16. The Labute approximate surface area is 130 Å². The van der Waals surface area contributed by atoms with Gasteiger partial charge in [-0.15, -0.1) is 0 Å². The second-order valence-corrected chi connectivity index (χ2v) is 5.79. The summed E-state index contributed by atoms with van der Waals surface area (Å²) in [6.45, 7) is 5.25. The maximum atomic E-state index is 12.5. The van der Waals surface area contributed by atoms with Gasteiger partial charge in [0.1, 0.15) is 0 Å². The molecular formula is C17H23N3O2. The van der Waals surface area contributed by atoms with Crippen LogP contribution in [0.3, 0.4) is 0 Å². The molecule has 5 nitrogen and oxygen atoms in total. The first kappa shape index (κ1) is 15.1. The minimum atomic E-state index is 0.0910. The minimum Gasteiger partial charge on any atom is -0.395 e. The maximum Gasteiger partial charge on any atom is 0.237 e. The summed E-state index contributed by atoms with van der Waals surface area (Å²) in [4.78, 5) is 19.9. The Morgan fingerprint density at radius 2 is 2.23 bits per heavy atom. The Hall–Kier alpha value is -1.85. The molecule has 0 radical (unpaired) electrons. The summed E-state index contributed by atoms with van der Waals surface area (Å²) in [6, 6.07) is 8.27. The van der Waals surface area contributed by atoms with Crippen LogP contribution in [0.4, 0.5) is 0 Å². The molecule has 2 N–H and O–H groups in total. The number of hydrogen-bond donors (Lipinski definition) is 2. The molecule has 0 fully saturated rings. The molecule has 0 spiro atoms. The monoisotopic (exact) mass is 301 g/mol. The summed E-state index contributed by atoms with van der Waals surface area (Å²) < 4.78 is 0. The number of aliphatic hydroxyl groups excluding tert-OH is 1. The SMILES string of the molecule is CCN(CCO)CC(=O)N1CCc2[nH]c3ccccc3c2C1. The first-order chi connectivity index (χ1) is 10.7. The zero-order valence-electron chi connectivity index (χ0n) is 13.0. The number of aliphatic hydroxyl groups is 1.